The number of nitrogens with one attached hydrogen (secondary N) is 1. The molecule has 0 amide bonds. The molecule has 0 aliphatic heterocycles. The molecular weight excluding hydrogens is 258 g/mol. The number of nitrogens with zero attached hydrogens (tertiary/aromatic N) is 2. The second kappa shape index (κ2) is 7.23. The SMILES string of the molecule is CCNCc1cc(C)nc(N(C)c2ccc(CC)cc2)c1. The maximum Gasteiger partial charge on any atom is 0.133 e. The van der Waals surface area contributed by atoms with E-state index in [0.717, 1.165) is 31.0 Å². The largest absolute Gasteiger partial charge is 0.329 e. The van der Waals surface area contributed by atoms with E-state index < -0.39 is 0 Å². The van der Waals surface area contributed by atoms with E-state index in [0.29, 0.717) is 0 Å². The average molecular weight is 283 g/mol. The van der Waals surface area contributed by atoms with Crippen LogP contribution in [-0.4, -0.2) is 18.6 Å². The summed E-state index contributed by atoms with van der Waals surface area (Å²) in [5.41, 5.74) is 4.85. The van der Waals surface area contributed by atoms with Gasteiger partial charge in [0.15, 0.2) is 0 Å². The fourth-order valence-corrected chi connectivity index (χ4v) is 2.35. The summed E-state index contributed by atoms with van der Waals surface area (Å²) in [5.74, 6) is 0.993. The van der Waals surface area contributed by atoms with Crippen LogP contribution in [0.15, 0.2) is 36.4 Å². The van der Waals surface area contributed by atoms with Crippen LogP contribution in [0, 0.1) is 6.92 Å². The van der Waals surface area contributed by atoms with Crippen molar-refractivity contribution < 1.29 is 0 Å². The molecule has 0 saturated heterocycles. The Balaban J connectivity index is 2.24. The van der Waals surface area contributed by atoms with E-state index in [1.54, 1.807) is 0 Å². The first-order chi connectivity index (χ1) is 10.1. The highest BCUT2D eigenvalue weighted by Gasteiger charge is 2.07. The highest BCUT2D eigenvalue weighted by molar-refractivity contribution is 5.60. The van der Waals surface area contributed by atoms with Gasteiger partial charge in [0.1, 0.15) is 5.82 Å². The Morgan fingerprint density at radius 2 is 1.76 bits per heavy atom. The summed E-state index contributed by atoms with van der Waals surface area (Å²) >= 11 is 0. The van der Waals surface area contributed by atoms with Crippen molar-refractivity contribution in [1.29, 1.82) is 0 Å². The van der Waals surface area contributed by atoms with Crippen LogP contribution in [0.25, 0.3) is 0 Å². The summed E-state index contributed by atoms with van der Waals surface area (Å²) in [4.78, 5) is 6.80. The summed E-state index contributed by atoms with van der Waals surface area (Å²) < 4.78 is 0. The predicted octanol–water partition coefficient (Wildman–Crippen LogP) is 3.83. The van der Waals surface area contributed by atoms with Gasteiger partial charge >= 0.3 is 0 Å². The van der Waals surface area contributed by atoms with Gasteiger partial charge in [0.25, 0.3) is 0 Å². The average Bonchev–Trinajstić information content (AvgIpc) is 2.51. The van der Waals surface area contributed by atoms with Gasteiger partial charge in [0.2, 0.25) is 0 Å². The van der Waals surface area contributed by atoms with Crippen molar-refractivity contribution in [1.82, 2.24) is 10.3 Å². The van der Waals surface area contributed by atoms with Crippen LogP contribution in [0.3, 0.4) is 0 Å². The van der Waals surface area contributed by atoms with Gasteiger partial charge in [-0.05, 0) is 55.3 Å². The van der Waals surface area contributed by atoms with Gasteiger partial charge in [-0.1, -0.05) is 26.0 Å². The normalized spacial score (nSPS) is 10.7. The highest BCUT2D eigenvalue weighted by atomic mass is 15.2. The number of aromatic nitrogens is 1. The van der Waals surface area contributed by atoms with E-state index in [1.165, 1.54) is 16.8 Å². The first-order valence-electron chi connectivity index (χ1n) is 7.65. The van der Waals surface area contributed by atoms with E-state index in [9.17, 15) is 0 Å². The van der Waals surface area contributed by atoms with Crippen molar-refractivity contribution in [2.45, 2.75) is 33.7 Å². The number of hydrogen-bond acceptors (Lipinski definition) is 3. The zero-order valence-corrected chi connectivity index (χ0v) is 13.5. The van der Waals surface area contributed by atoms with Gasteiger partial charge in [-0.2, -0.15) is 0 Å². The maximum absolute atomic E-state index is 4.66. The molecule has 0 saturated carbocycles. The minimum atomic E-state index is 0.884. The molecular formula is C18H25N3. The first-order valence-corrected chi connectivity index (χ1v) is 7.65. The summed E-state index contributed by atoms with van der Waals surface area (Å²) in [6, 6.07) is 13.0. The Bertz CT molecular complexity index is 576. The van der Waals surface area contributed by atoms with Gasteiger partial charge < -0.3 is 10.2 Å². The van der Waals surface area contributed by atoms with Gasteiger partial charge in [0.05, 0.1) is 0 Å². The number of hydrogen-bond donors (Lipinski definition) is 1. The molecule has 1 aromatic carbocycles. The topological polar surface area (TPSA) is 28.2 Å². The molecule has 3 heteroatoms. The molecule has 2 aromatic rings. The Hall–Kier alpha value is -1.87. The molecule has 1 heterocycles. The lowest BCUT2D eigenvalue weighted by Gasteiger charge is -2.20. The molecule has 21 heavy (non-hydrogen) atoms. The Morgan fingerprint density at radius 1 is 1.05 bits per heavy atom. The smallest absolute Gasteiger partial charge is 0.133 e. The van der Waals surface area contributed by atoms with Crippen molar-refractivity contribution >= 4 is 11.5 Å². The molecule has 1 N–H and O–H groups in total. The molecule has 0 radical (unpaired) electrons. The van der Waals surface area contributed by atoms with Crippen molar-refractivity contribution in [3.05, 3.63) is 53.2 Å². The summed E-state index contributed by atoms with van der Waals surface area (Å²) in [6.45, 7) is 8.21. The zero-order valence-electron chi connectivity index (χ0n) is 13.5. The first kappa shape index (κ1) is 15.5. The number of benzene rings is 1. The van der Waals surface area contributed by atoms with Crippen LogP contribution in [0.5, 0.6) is 0 Å². The standard InChI is InChI=1S/C18H25N3/c1-5-15-7-9-17(10-8-15)21(4)18-12-16(13-19-6-2)11-14(3)20-18/h7-12,19H,5-6,13H2,1-4H3. The third kappa shape index (κ3) is 4.05. The third-order valence-electron chi connectivity index (χ3n) is 3.65. The van der Waals surface area contributed by atoms with Crippen LogP contribution < -0.4 is 10.2 Å². The Kier molecular flexibility index (Phi) is 5.34. The van der Waals surface area contributed by atoms with Gasteiger partial charge in [-0.3, -0.25) is 0 Å². The van der Waals surface area contributed by atoms with Crippen LogP contribution in [0.2, 0.25) is 0 Å². The molecule has 3 nitrogen and oxygen atoms in total. The fraction of sp³-hybridized carbons (Fsp3) is 0.389. The second-order valence-electron chi connectivity index (χ2n) is 5.33. The molecule has 2 rings (SSSR count). The Labute approximate surface area is 128 Å². The number of aryl methyl sites for hydroxylation is 2. The lowest BCUT2D eigenvalue weighted by Crippen LogP contribution is -2.15. The molecule has 0 bridgehead atoms. The van der Waals surface area contributed by atoms with Crippen molar-refractivity contribution in [2.75, 3.05) is 18.5 Å². The minimum Gasteiger partial charge on any atom is -0.329 e. The monoisotopic (exact) mass is 283 g/mol. The molecule has 0 fully saturated rings. The van der Waals surface area contributed by atoms with Crippen LogP contribution >= 0.6 is 0 Å². The fourth-order valence-electron chi connectivity index (χ4n) is 2.35. The Morgan fingerprint density at radius 3 is 2.38 bits per heavy atom. The van der Waals surface area contributed by atoms with Crippen molar-refractivity contribution in [3.8, 4) is 0 Å². The number of anilines is 2. The van der Waals surface area contributed by atoms with E-state index in [1.807, 2.05) is 6.92 Å². The summed E-state index contributed by atoms with van der Waals surface area (Å²) in [6.07, 6.45) is 1.07. The van der Waals surface area contributed by atoms with Gasteiger partial charge in [-0.15, -0.1) is 0 Å². The van der Waals surface area contributed by atoms with E-state index in [4.69, 9.17) is 0 Å². The van der Waals surface area contributed by atoms with Crippen molar-refractivity contribution in [3.63, 3.8) is 0 Å². The van der Waals surface area contributed by atoms with Crippen LogP contribution in [-0.2, 0) is 13.0 Å². The second-order valence-corrected chi connectivity index (χ2v) is 5.33. The van der Waals surface area contributed by atoms with E-state index in [-0.39, 0.29) is 0 Å². The van der Waals surface area contributed by atoms with E-state index in [2.05, 4.69) is 72.5 Å². The van der Waals surface area contributed by atoms with E-state index >= 15 is 0 Å². The lowest BCUT2D eigenvalue weighted by atomic mass is 10.1. The molecule has 0 spiro atoms. The van der Waals surface area contributed by atoms with Crippen LogP contribution in [0.4, 0.5) is 11.5 Å². The quantitative estimate of drug-likeness (QED) is 0.873. The van der Waals surface area contributed by atoms with Gasteiger partial charge in [-0.25, -0.2) is 4.98 Å². The molecule has 1 aromatic heterocycles. The summed E-state index contributed by atoms with van der Waals surface area (Å²) in [5, 5.41) is 3.37. The maximum atomic E-state index is 4.66. The molecule has 0 unspecified atom stereocenters. The zero-order chi connectivity index (χ0) is 15.2. The number of rotatable bonds is 6. The van der Waals surface area contributed by atoms with Gasteiger partial charge in [0, 0.05) is 25.0 Å². The molecule has 112 valence electrons. The highest BCUT2D eigenvalue weighted by Crippen LogP contribution is 2.23. The number of pyridine rings is 1. The minimum absolute atomic E-state index is 0.884. The summed E-state index contributed by atoms with van der Waals surface area (Å²) in [7, 11) is 2.07. The third-order valence-corrected chi connectivity index (χ3v) is 3.65. The van der Waals surface area contributed by atoms with Crippen LogP contribution in [0.1, 0.15) is 30.7 Å². The molecule has 0 aliphatic rings. The lowest BCUT2D eigenvalue weighted by molar-refractivity contribution is 0.725. The molecule has 0 aliphatic carbocycles. The molecule has 0 atom stereocenters. The predicted molar refractivity (Wildman–Crippen MR) is 90.2 cm³/mol. The van der Waals surface area contributed by atoms with Crippen molar-refractivity contribution in [2.24, 2.45) is 0 Å².